The van der Waals surface area contributed by atoms with E-state index in [1.165, 1.54) is 11.1 Å². The van der Waals surface area contributed by atoms with Crippen LogP contribution in [0.15, 0.2) is 83.4 Å². The summed E-state index contributed by atoms with van der Waals surface area (Å²) in [6.45, 7) is 8.71. The average Bonchev–Trinajstić information content (AvgIpc) is 2.90. The molecule has 2 aromatic rings. The van der Waals surface area contributed by atoms with Gasteiger partial charge in [-0.1, -0.05) is 60.7 Å². The summed E-state index contributed by atoms with van der Waals surface area (Å²) in [4.78, 5) is 22.4. The Balaban J connectivity index is 1.30. The topological polar surface area (TPSA) is 47.9 Å². The molecule has 0 aromatic heterocycles. The molecule has 5 rings (SSSR count). The Hall–Kier alpha value is -3.02. The largest absolute Gasteiger partial charge is 0.339 e. The predicted molar refractivity (Wildman–Crippen MR) is 143 cm³/mol. The van der Waals surface area contributed by atoms with Gasteiger partial charge in [-0.15, -0.1) is 0 Å². The molecule has 2 unspecified atom stereocenters. The third-order valence-corrected chi connectivity index (χ3v) is 7.56. The lowest BCUT2D eigenvalue weighted by Gasteiger charge is -2.39. The highest BCUT2D eigenvalue weighted by molar-refractivity contribution is 6.10. The van der Waals surface area contributed by atoms with Crippen molar-refractivity contribution in [2.45, 2.75) is 45.3 Å². The van der Waals surface area contributed by atoms with E-state index in [-0.39, 0.29) is 17.9 Å². The van der Waals surface area contributed by atoms with E-state index >= 15 is 0 Å². The van der Waals surface area contributed by atoms with E-state index < -0.39 is 0 Å². The molecule has 1 amide bonds. The number of hydrogen-bond acceptors (Lipinski definition) is 4. The number of fused-ring (bicyclic) bond motifs is 2. The number of aliphatic imine (C=N–C) groups is 1. The molecule has 3 aliphatic rings. The number of rotatable bonds is 7. The molecule has 0 saturated carbocycles. The number of amides is 1. The SMILES string of the molecule is CCN(CC)C(=O)C1=CC2=Nc3ccccc3C(NC3CCN(Cc4ccccc4)CC3)C2C=C1. The Morgan fingerprint density at radius 1 is 1.03 bits per heavy atom. The van der Waals surface area contributed by atoms with Crippen molar-refractivity contribution in [2.24, 2.45) is 10.9 Å². The summed E-state index contributed by atoms with van der Waals surface area (Å²) in [5, 5.41) is 4.00. The number of para-hydroxylation sites is 1. The molecule has 0 radical (unpaired) electrons. The quantitative estimate of drug-likeness (QED) is 0.619. The van der Waals surface area contributed by atoms with Crippen LogP contribution in [0.1, 0.15) is 43.9 Å². The molecule has 1 aliphatic carbocycles. The van der Waals surface area contributed by atoms with E-state index in [4.69, 9.17) is 4.99 Å². The van der Waals surface area contributed by atoms with Crippen molar-refractivity contribution >= 4 is 17.3 Å². The molecule has 5 nitrogen and oxygen atoms in total. The molecule has 1 saturated heterocycles. The van der Waals surface area contributed by atoms with Crippen LogP contribution < -0.4 is 5.32 Å². The van der Waals surface area contributed by atoms with Crippen LogP contribution in [-0.2, 0) is 11.3 Å². The summed E-state index contributed by atoms with van der Waals surface area (Å²) in [6.07, 6.45) is 8.48. The molecule has 2 heterocycles. The smallest absolute Gasteiger partial charge is 0.253 e. The Morgan fingerprint density at radius 3 is 2.49 bits per heavy atom. The fraction of sp³-hybridized carbons (Fsp3) is 0.400. The number of likely N-dealkylation sites (N-methyl/N-ethyl adjacent to an activating group) is 1. The predicted octanol–water partition coefficient (Wildman–Crippen LogP) is 5.05. The Bertz CT molecular complexity index is 1120. The van der Waals surface area contributed by atoms with Crippen molar-refractivity contribution in [3.63, 3.8) is 0 Å². The van der Waals surface area contributed by atoms with Gasteiger partial charge in [0.2, 0.25) is 0 Å². The molecule has 2 aliphatic heterocycles. The molecule has 182 valence electrons. The van der Waals surface area contributed by atoms with Crippen molar-refractivity contribution in [3.8, 4) is 0 Å². The van der Waals surface area contributed by atoms with Crippen LogP contribution in [0.3, 0.4) is 0 Å². The van der Waals surface area contributed by atoms with Gasteiger partial charge in [-0.2, -0.15) is 0 Å². The van der Waals surface area contributed by atoms with E-state index in [1.54, 1.807) is 0 Å². The van der Waals surface area contributed by atoms with Crippen LogP contribution in [0.2, 0.25) is 0 Å². The van der Waals surface area contributed by atoms with Gasteiger partial charge in [0.1, 0.15) is 0 Å². The minimum atomic E-state index is 0.0848. The number of piperidine rings is 1. The second-order valence-corrected chi connectivity index (χ2v) is 9.74. The molecule has 2 atom stereocenters. The number of nitrogens with zero attached hydrogens (tertiary/aromatic N) is 3. The first-order valence-corrected chi connectivity index (χ1v) is 13.0. The maximum absolute atomic E-state index is 13.0. The average molecular weight is 469 g/mol. The molecular weight excluding hydrogens is 432 g/mol. The molecule has 1 N–H and O–H groups in total. The van der Waals surface area contributed by atoms with E-state index in [0.717, 1.165) is 49.4 Å². The maximum Gasteiger partial charge on any atom is 0.253 e. The third kappa shape index (κ3) is 5.16. The van der Waals surface area contributed by atoms with Crippen LogP contribution in [0.5, 0.6) is 0 Å². The normalized spacial score (nSPS) is 22.1. The van der Waals surface area contributed by atoms with Gasteiger partial charge in [-0.05, 0) is 63.0 Å². The highest BCUT2D eigenvalue weighted by Gasteiger charge is 2.35. The number of benzene rings is 2. The van der Waals surface area contributed by atoms with Gasteiger partial charge in [0.05, 0.1) is 11.4 Å². The summed E-state index contributed by atoms with van der Waals surface area (Å²) in [5.74, 6) is 0.224. The Labute approximate surface area is 209 Å². The van der Waals surface area contributed by atoms with Crippen LogP contribution in [-0.4, -0.2) is 53.6 Å². The van der Waals surface area contributed by atoms with Crippen molar-refractivity contribution in [1.29, 1.82) is 0 Å². The van der Waals surface area contributed by atoms with Gasteiger partial charge in [-0.3, -0.25) is 14.7 Å². The zero-order valence-electron chi connectivity index (χ0n) is 20.9. The first-order valence-electron chi connectivity index (χ1n) is 13.0. The van der Waals surface area contributed by atoms with Gasteiger partial charge in [0, 0.05) is 43.2 Å². The number of carbonyl (C=O) groups is 1. The molecule has 35 heavy (non-hydrogen) atoms. The maximum atomic E-state index is 13.0. The van der Waals surface area contributed by atoms with Crippen molar-refractivity contribution in [3.05, 3.63) is 89.5 Å². The molecule has 5 heteroatoms. The molecule has 0 bridgehead atoms. The lowest BCUT2D eigenvalue weighted by molar-refractivity contribution is -0.126. The number of allylic oxidation sites excluding steroid dienone is 1. The molecule has 0 spiro atoms. The van der Waals surface area contributed by atoms with Crippen LogP contribution in [0.25, 0.3) is 0 Å². The lowest BCUT2D eigenvalue weighted by atomic mass is 9.81. The van der Waals surface area contributed by atoms with E-state index in [1.807, 2.05) is 37.0 Å². The zero-order valence-corrected chi connectivity index (χ0v) is 20.9. The second kappa shape index (κ2) is 10.7. The Kier molecular flexibility index (Phi) is 7.26. The van der Waals surface area contributed by atoms with Gasteiger partial charge >= 0.3 is 0 Å². The zero-order chi connectivity index (χ0) is 24.2. The van der Waals surface area contributed by atoms with Gasteiger partial charge in [0.25, 0.3) is 5.91 Å². The number of nitrogens with one attached hydrogen (secondary N) is 1. The minimum absolute atomic E-state index is 0.0848. The van der Waals surface area contributed by atoms with E-state index in [2.05, 4.69) is 64.8 Å². The Morgan fingerprint density at radius 2 is 1.74 bits per heavy atom. The summed E-state index contributed by atoms with van der Waals surface area (Å²) in [6, 6.07) is 19.8. The van der Waals surface area contributed by atoms with E-state index in [9.17, 15) is 4.79 Å². The molecule has 1 fully saturated rings. The third-order valence-electron chi connectivity index (χ3n) is 7.56. The van der Waals surface area contributed by atoms with Crippen LogP contribution in [0.4, 0.5) is 5.69 Å². The first-order chi connectivity index (χ1) is 17.2. The van der Waals surface area contributed by atoms with Gasteiger partial charge in [0.15, 0.2) is 0 Å². The fourth-order valence-electron chi connectivity index (χ4n) is 5.56. The summed E-state index contributed by atoms with van der Waals surface area (Å²) < 4.78 is 0. The summed E-state index contributed by atoms with van der Waals surface area (Å²) in [5.41, 5.74) is 5.37. The van der Waals surface area contributed by atoms with E-state index in [0.29, 0.717) is 19.1 Å². The summed E-state index contributed by atoms with van der Waals surface area (Å²) >= 11 is 0. The van der Waals surface area contributed by atoms with Gasteiger partial charge < -0.3 is 10.2 Å². The number of carbonyl (C=O) groups excluding carboxylic acids is 1. The van der Waals surface area contributed by atoms with Gasteiger partial charge in [-0.25, -0.2) is 0 Å². The van der Waals surface area contributed by atoms with Crippen molar-refractivity contribution < 1.29 is 4.79 Å². The lowest BCUT2D eigenvalue weighted by Crippen LogP contribution is -2.46. The molecule has 2 aromatic carbocycles. The van der Waals surface area contributed by atoms with Crippen molar-refractivity contribution in [2.75, 3.05) is 26.2 Å². The first kappa shape index (κ1) is 23.7. The highest BCUT2D eigenvalue weighted by atomic mass is 16.2. The second-order valence-electron chi connectivity index (χ2n) is 9.74. The summed E-state index contributed by atoms with van der Waals surface area (Å²) in [7, 11) is 0. The van der Waals surface area contributed by atoms with Crippen LogP contribution in [0, 0.1) is 5.92 Å². The fourth-order valence-corrected chi connectivity index (χ4v) is 5.56. The monoisotopic (exact) mass is 468 g/mol. The highest BCUT2D eigenvalue weighted by Crippen LogP contribution is 2.40. The standard InChI is InChI=1S/C30H36N4O/c1-3-34(4-2)30(35)23-14-15-26-28(20-23)32-27-13-9-8-12-25(27)29(26)31-24-16-18-33(19-17-24)21-22-10-6-5-7-11-22/h5-15,20,24,26,29,31H,3-4,16-19,21H2,1-2H3. The number of hydrogen-bond donors (Lipinski definition) is 1. The van der Waals surface area contributed by atoms with Crippen molar-refractivity contribution in [1.82, 2.24) is 15.1 Å². The molecular formula is C30H36N4O. The minimum Gasteiger partial charge on any atom is -0.339 e. The number of likely N-dealkylation sites (tertiary alicyclic amines) is 1. The van der Waals surface area contributed by atoms with Crippen LogP contribution >= 0.6 is 0 Å².